The summed E-state index contributed by atoms with van der Waals surface area (Å²) in [4.78, 5) is 4.26. The van der Waals surface area contributed by atoms with E-state index in [1.54, 1.807) is 0 Å². The van der Waals surface area contributed by atoms with Crippen LogP contribution in [0.3, 0.4) is 0 Å². The first-order valence-corrected chi connectivity index (χ1v) is 7.40. The summed E-state index contributed by atoms with van der Waals surface area (Å²) >= 11 is 0. The second-order valence-electron chi connectivity index (χ2n) is 5.35. The lowest BCUT2D eigenvalue weighted by molar-refractivity contribution is 1.36. The molecule has 4 rings (SSSR count). The third kappa shape index (κ3) is 2.27. The van der Waals surface area contributed by atoms with Gasteiger partial charge in [-0.25, -0.2) is 0 Å². The number of pyridine rings is 1. The molecule has 4 aromatic rings. The summed E-state index contributed by atoms with van der Waals surface area (Å²) in [6.07, 6.45) is 3.78. The Kier molecular flexibility index (Phi) is 3.17. The van der Waals surface area contributed by atoms with Crippen LogP contribution < -0.4 is 0 Å². The number of hydrogen-bond donors (Lipinski definition) is 0. The minimum atomic E-state index is 1.19. The first-order valence-electron chi connectivity index (χ1n) is 7.40. The van der Waals surface area contributed by atoms with Crippen LogP contribution >= 0.6 is 0 Å². The van der Waals surface area contributed by atoms with Crippen molar-refractivity contribution < 1.29 is 0 Å². The molecule has 1 heterocycles. The lowest BCUT2D eigenvalue weighted by Crippen LogP contribution is -1.83. The highest BCUT2D eigenvalue weighted by Gasteiger charge is 2.04. The average Bonchev–Trinajstić information content (AvgIpc) is 2.62. The summed E-state index contributed by atoms with van der Waals surface area (Å²) in [6, 6.07) is 27.6. The molecule has 0 spiro atoms. The molecule has 0 aliphatic carbocycles. The molecule has 0 aliphatic heterocycles. The maximum atomic E-state index is 4.26. The zero-order valence-electron chi connectivity index (χ0n) is 12.1. The topological polar surface area (TPSA) is 12.9 Å². The van der Waals surface area contributed by atoms with Crippen molar-refractivity contribution >= 4 is 10.8 Å². The van der Waals surface area contributed by atoms with E-state index in [1.807, 2.05) is 18.5 Å². The zero-order chi connectivity index (χ0) is 14.8. The van der Waals surface area contributed by atoms with E-state index in [2.05, 4.69) is 77.8 Å². The summed E-state index contributed by atoms with van der Waals surface area (Å²) in [5, 5.41) is 2.41. The molecule has 3 aromatic carbocycles. The van der Waals surface area contributed by atoms with Gasteiger partial charge in [0.25, 0.3) is 0 Å². The molecule has 1 nitrogen and oxygen atoms in total. The fourth-order valence-corrected chi connectivity index (χ4v) is 2.84. The molecule has 0 amide bonds. The Bertz CT molecular complexity index is 904. The van der Waals surface area contributed by atoms with Crippen LogP contribution in [0.15, 0.2) is 91.3 Å². The smallest absolute Gasteiger partial charge is 0.0352 e. The number of rotatable bonds is 2. The molecule has 0 atom stereocenters. The third-order valence-corrected chi connectivity index (χ3v) is 3.99. The molecule has 0 unspecified atom stereocenters. The maximum absolute atomic E-state index is 4.26. The van der Waals surface area contributed by atoms with Gasteiger partial charge in [-0.05, 0) is 33.7 Å². The fourth-order valence-electron chi connectivity index (χ4n) is 2.84. The molecule has 0 N–H and O–H groups in total. The summed E-state index contributed by atoms with van der Waals surface area (Å²) in [5.41, 5.74) is 4.93. The highest BCUT2D eigenvalue weighted by atomic mass is 14.6. The summed E-state index contributed by atoms with van der Waals surface area (Å²) in [5.74, 6) is 0. The minimum Gasteiger partial charge on any atom is -0.264 e. The van der Waals surface area contributed by atoms with Crippen LogP contribution in [0.5, 0.6) is 0 Å². The summed E-state index contributed by atoms with van der Waals surface area (Å²) < 4.78 is 0. The minimum absolute atomic E-state index is 1.19. The van der Waals surface area contributed by atoms with Crippen molar-refractivity contribution in [3.05, 3.63) is 91.3 Å². The first-order chi connectivity index (χ1) is 10.9. The molecule has 0 saturated carbocycles. The molecule has 104 valence electrons. The highest BCUT2D eigenvalue weighted by molar-refractivity contribution is 5.96. The second kappa shape index (κ2) is 5.45. The van der Waals surface area contributed by atoms with Gasteiger partial charge in [-0.15, -0.1) is 0 Å². The molecule has 0 bridgehead atoms. The van der Waals surface area contributed by atoms with E-state index in [1.165, 1.54) is 33.0 Å². The fraction of sp³-hybridized carbons (Fsp3) is 0. The monoisotopic (exact) mass is 281 g/mol. The molecular formula is C21H15N. The van der Waals surface area contributed by atoms with Crippen LogP contribution in [0, 0.1) is 0 Å². The zero-order valence-corrected chi connectivity index (χ0v) is 12.1. The molecule has 0 saturated heterocycles. The van der Waals surface area contributed by atoms with Gasteiger partial charge < -0.3 is 0 Å². The van der Waals surface area contributed by atoms with Crippen LogP contribution in [-0.2, 0) is 0 Å². The lowest BCUT2D eigenvalue weighted by Gasteiger charge is -2.08. The Morgan fingerprint density at radius 2 is 1.27 bits per heavy atom. The molecular weight excluding hydrogens is 266 g/mol. The molecule has 22 heavy (non-hydrogen) atoms. The van der Waals surface area contributed by atoms with Gasteiger partial charge in [-0.1, -0.05) is 72.8 Å². The van der Waals surface area contributed by atoms with Crippen LogP contribution in [0.25, 0.3) is 33.0 Å². The maximum Gasteiger partial charge on any atom is 0.0352 e. The number of hydrogen-bond acceptors (Lipinski definition) is 1. The van der Waals surface area contributed by atoms with Crippen LogP contribution in [0.1, 0.15) is 0 Å². The van der Waals surface area contributed by atoms with Gasteiger partial charge in [-0.2, -0.15) is 0 Å². The van der Waals surface area contributed by atoms with Crippen molar-refractivity contribution in [1.82, 2.24) is 4.98 Å². The number of aromatic nitrogens is 1. The quantitative estimate of drug-likeness (QED) is 0.468. The van der Waals surface area contributed by atoms with Gasteiger partial charge in [0, 0.05) is 17.8 Å². The van der Waals surface area contributed by atoms with Gasteiger partial charge >= 0.3 is 0 Å². The molecule has 1 heteroatoms. The Balaban J connectivity index is 1.80. The van der Waals surface area contributed by atoms with Gasteiger partial charge in [0.15, 0.2) is 0 Å². The summed E-state index contributed by atoms with van der Waals surface area (Å²) in [7, 11) is 0. The van der Waals surface area contributed by atoms with Crippen molar-refractivity contribution in [1.29, 1.82) is 0 Å². The Morgan fingerprint density at radius 1 is 0.545 bits per heavy atom. The Labute approximate surface area is 129 Å². The van der Waals surface area contributed by atoms with Gasteiger partial charge in [0.1, 0.15) is 0 Å². The van der Waals surface area contributed by atoms with Crippen LogP contribution in [-0.4, -0.2) is 4.98 Å². The van der Waals surface area contributed by atoms with Crippen molar-refractivity contribution in [2.75, 3.05) is 0 Å². The van der Waals surface area contributed by atoms with Crippen molar-refractivity contribution in [2.24, 2.45) is 0 Å². The van der Waals surface area contributed by atoms with Crippen LogP contribution in [0.4, 0.5) is 0 Å². The predicted molar refractivity (Wildman–Crippen MR) is 92.6 cm³/mol. The first kappa shape index (κ1) is 12.8. The Morgan fingerprint density at radius 3 is 2.09 bits per heavy atom. The molecule has 0 aliphatic rings. The Hall–Kier alpha value is -2.93. The standard InChI is InChI=1S/C21H15N/c1-2-5-16(6-3-1)17-9-11-19(12-10-17)20-8-4-7-18-13-14-22-15-21(18)20/h1-15H. The van der Waals surface area contributed by atoms with Crippen molar-refractivity contribution in [3.63, 3.8) is 0 Å². The number of nitrogens with zero attached hydrogens (tertiary/aromatic N) is 1. The third-order valence-electron chi connectivity index (χ3n) is 3.99. The van der Waals surface area contributed by atoms with E-state index in [9.17, 15) is 0 Å². The van der Waals surface area contributed by atoms with E-state index in [4.69, 9.17) is 0 Å². The summed E-state index contributed by atoms with van der Waals surface area (Å²) in [6.45, 7) is 0. The average molecular weight is 281 g/mol. The number of fused-ring (bicyclic) bond motifs is 1. The van der Waals surface area contributed by atoms with E-state index < -0.39 is 0 Å². The van der Waals surface area contributed by atoms with Gasteiger partial charge in [0.05, 0.1) is 0 Å². The SMILES string of the molecule is c1ccc(-c2ccc(-c3cccc4ccncc34)cc2)cc1. The number of benzene rings is 3. The van der Waals surface area contributed by atoms with E-state index in [0.717, 1.165) is 0 Å². The lowest BCUT2D eigenvalue weighted by atomic mass is 9.97. The predicted octanol–water partition coefficient (Wildman–Crippen LogP) is 5.57. The molecule has 0 radical (unpaired) electrons. The second-order valence-corrected chi connectivity index (χ2v) is 5.35. The largest absolute Gasteiger partial charge is 0.264 e. The highest BCUT2D eigenvalue weighted by Crippen LogP contribution is 2.29. The van der Waals surface area contributed by atoms with E-state index in [-0.39, 0.29) is 0 Å². The van der Waals surface area contributed by atoms with E-state index in [0.29, 0.717) is 0 Å². The molecule has 1 aromatic heterocycles. The van der Waals surface area contributed by atoms with Crippen molar-refractivity contribution in [2.45, 2.75) is 0 Å². The van der Waals surface area contributed by atoms with Crippen molar-refractivity contribution in [3.8, 4) is 22.3 Å². The molecule has 0 fully saturated rings. The van der Waals surface area contributed by atoms with E-state index >= 15 is 0 Å². The van der Waals surface area contributed by atoms with Gasteiger partial charge in [-0.3, -0.25) is 4.98 Å². The van der Waals surface area contributed by atoms with Gasteiger partial charge in [0.2, 0.25) is 0 Å². The van der Waals surface area contributed by atoms with Crippen LogP contribution in [0.2, 0.25) is 0 Å². The normalized spacial score (nSPS) is 10.7.